The largest absolute Gasteiger partial charge is 0.341 e. The van der Waals surface area contributed by atoms with Crippen LogP contribution in [-0.2, 0) is 17.8 Å². The van der Waals surface area contributed by atoms with Gasteiger partial charge in [-0.05, 0) is 30.4 Å². The van der Waals surface area contributed by atoms with Gasteiger partial charge in [0.2, 0.25) is 5.91 Å². The lowest BCUT2D eigenvalue weighted by molar-refractivity contribution is -0.133. The van der Waals surface area contributed by atoms with Crippen molar-refractivity contribution in [1.29, 1.82) is 0 Å². The number of aromatic nitrogens is 3. The Hall–Kier alpha value is -2.15. The van der Waals surface area contributed by atoms with Gasteiger partial charge in [-0.15, -0.1) is 11.3 Å². The van der Waals surface area contributed by atoms with Gasteiger partial charge in [-0.1, -0.05) is 26.2 Å². The molecule has 1 saturated carbocycles. The molecule has 1 aliphatic carbocycles. The van der Waals surface area contributed by atoms with Crippen molar-refractivity contribution in [2.75, 3.05) is 7.05 Å². The highest BCUT2D eigenvalue weighted by molar-refractivity contribution is 7.17. The third-order valence-corrected chi connectivity index (χ3v) is 6.34. The van der Waals surface area contributed by atoms with Crippen molar-refractivity contribution >= 4 is 33.0 Å². The van der Waals surface area contributed by atoms with E-state index in [2.05, 4.69) is 5.10 Å². The number of carbonyl (C=O) groups is 1. The molecule has 3 aromatic rings. The molecule has 0 atom stereocenters. The minimum atomic E-state index is -0.198. The number of rotatable bonds is 4. The molecule has 0 spiro atoms. The van der Waals surface area contributed by atoms with Crippen LogP contribution >= 0.6 is 11.3 Å². The Morgan fingerprint density at radius 3 is 2.81 bits per heavy atom. The van der Waals surface area contributed by atoms with Crippen LogP contribution in [0.1, 0.15) is 44.9 Å². The monoisotopic (exact) mass is 372 g/mol. The lowest BCUT2D eigenvalue weighted by Crippen LogP contribution is -2.42. The second-order valence-electron chi connectivity index (χ2n) is 7.06. The van der Waals surface area contributed by atoms with E-state index in [-0.39, 0.29) is 18.0 Å². The Bertz CT molecular complexity index is 1010. The van der Waals surface area contributed by atoms with Crippen molar-refractivity contribution in [3.05, 3.63) is 33.7 Å². The summed E-state index contributed by atoms with van der Waals surface area (Å²) in [5.41, 5.74) is 1.42. The third kappa shape index (κ3) is 2.84. The molecular weight excluding hydrogens is 348 g/mol. The lowest BCUT2D eigenvalue weighted by Gasteiger charge is -2.31. The van der Waals surface area contributed by atoms with Crippen LogP contribution in [-0.4, -0.2) is 38.1 Å². The maximum Gasteiger partial charge on any atom is 0.291 e. The number of thiophene rings is 1. The first-order valence-electron chi connectivity index (χ1n) is 9.34. The Morgan fingerprint density at radius 1 is 1.31 bits per heavy atom. The normalized spacial score (nSPS) is 15.8. The van der Waals surface area contributed by atoms with Crippen LogP contribution in [0.25, 0.3) is 15.7 Å². The van der Waals surface area contributed by atoms with E-state index in [4.69, 9.17) is 0 Å². The van der Waals surface area contributed by atoms with Crippen LogP contribution in [0, 0.1) is 0 Å². The topological polar surface area (TPSA) is 59.6 Å². The zero-order chi connectivity index (χ0) is 18.3. The van der Waals surface area contributed by atoms with Crippen LogP contribution in [0.5, 0.6) is 0 Å². The van der Waals surface area contributed by atoms with Crippen LogP contribution < -0.4 is 5.56 Å². The van der Waals surface area contributed by atoms with Gasteiger partial charge in [-0.3, -0.25) is 14.0 Å². The Morgan fingerprint density at radius 2 is 2.08 bits per heavy atom. The van der Waals surface area contributed by atoms with Crippen LogP contribution in [0.2, 0.25) is 0 Å². The molecule has 0 bridgehead atoms. The first-order chi connectivity index (χ1) is 12.6. The molecule has 4 rings (SSSR count). The molecule has 6 nitrogen and oxygen atoms in total. The van der Waals surface area contributed by atoms with E-state index in [1.165, 1.54) is 23.9 Å². The Labute approximate surface area is 156 Å². The molecule has 0 aromatic carbocycles. The van der Waals surface area contributed by atoms with E-state index in [9.17, 15) is 9.59 Å². The fourth-order valence-electron chi connectivity index (χ4n) is 3.97. The first kappa shape index (κ1) is 17.3. The highest BCUT2D eigenvalue weighted by Gasteiger charge is 2.23. The fourth-order valence-corrected chi connectivity index (χ4v) is 4.77. The molecular formula is C19H24N4O2S. The summed E-state index contributed by atoms with van der Waals surface area (Å²) in [5, 5.41) is 6.53. The van der Waals surface area contributed by atoms with Gasteiger partial charge in [0.25, 0.3) is 5.56 Å². The van der Waals surface area contributed by atoms with Crippen molar-refractivity contribution in [2.24, 2.45) is 0 Å². The highest BCUT2D eigenvalue weighted by atomic mass is 32.1. The summed E-state index contributed by atoms with van der Waals surface area (Å²) >= 11 is 1.61. The summed E-state index contributed by atoms with van der Waals surface area (Å²) in [5.74, 6) is 0.771. The standard InChI is InChI=1S/C19H24N4O2S/c1-3-17-20-22(12-18(24)21(2)13-7-5-4-6-8-13)19(25)15-11-16-14(23(15)17)9-10-26-16/h9-11,13H,3-8,12H2,1-2H3. The van der Waals surface area contributed by atoms with E-state index in [0.29, 0.717) is 18.0 Å². The van der Waals surface area contributed by atoms with Crippen molar-refractivity contribution in [1.82, 2.24) is 19.1 Å². The van der Waals surface area contributed by atoms with Gasteiger partial charge in [0.15, 0.2) is 0 Å². The van der Waals surface area contributed by atoms with Crippen molar-refractivity contribution in [2.45, 2.75) is 58.0 Å². The molecule has 3 heterocycles. The van der Waals surface area contributed by atoms with Crippen LogP contribution in [0.3, 0.4) is 0 Å². The molecule has 0 N–H and O–H groups in total. The zero-order valence-corrected chi connectivity index (χ0v) is 16.1. The summed E-state index contributed by atoms with van der Waals surface area (Å²) in [4.78, 5) is 27.5. The number of carbonyl (C=O) groups excluding carboxylic acids is 1. The number of hydrogen-bond acceptors (Lipinski definition) is 4. The van der Waals surface area contributed by atoms with Crippen molar-refractivity contribution in [3.8, 4) is 0 Å². The summed E-state index contributed by atoms with van der Waals surface area (Å²) in [7, 11) is 1.86. The number of aryl methyl sites for hydroxylation is 1. The molecule has 26 heavy (non-hydrogen) atoms. The number of hydrogen-bond donors (Lipinski definition) is 0. The average Bonchev–Trinajstić information content (AvgIpc) is 3.25. The molecule has 1 amide bonds. The number of nitrogens with zero attached hydrogens (tertiary/aromatic N) is 4. The number of amides is 1. The second-order valence-corrected chi connectivity index (χ2v) is 8.01. The minimum absolute atomic E-state index is 0.00810. The molecule has 0 aliphatic heterocycles. The average molecular weight is 372 g/mol. The van der Waals surface area contributed by atoms with Crippen molar-refractivity contribution < 1.29 is 4.79 Å². The minimum Gasteiger partial charge on any atom is -0.341 e. The second kappa shape index (κ2) is 6.87. The van der Waals surface area contributed by atoms with Gasteiger partial charge in [-0.25, -0.2) is 4.68 Å². The Kier molecular flexibility index (Phi) is 4.56. The van der Waals surface area contributed by atoms with Gasteiger partial charge in [-0.2, -0.15) is 5.10 Å². The van der Waals surface area contributed by atoms with E-state index in [1.54, 1.807) is 11.3 Å². The Balaban J connectivity index is 1.69. The predicted molar refractivity (Wildman–Crippen MR) is 104 cm³/mol. The zero-order valence-electron chi connectivity index (χ0n) is 15.3. The smallest absolute Gasteiger partial charge is 0.291 e. The van der Waals surface area contributed by atoms with Gasteiger partial charge < -0.3 is 4.90 Å². The molecule has 1 aliphatic rings. The number of likely N-dealkylation sites (N-methyl/N-ethyl adjacent to an activating group) is 1. The predicted octanol–water partition coefficient (Wildman–Crippen LogP) is 3.06. The SMILES string of the molecule is CCc1nn(CC(=O)N(C)C2CCCCC2)c(=O)c2cc3sccc3n12. The maximum atomic E-state index is 12.9. The summed E-state index contributed by atoms with van der Waals surface area (Å²) in [6, 6.07) is 4.22. The lowest BCUT2D eigenvalue weighted by atomic mass is 9.94. The molecule has 0 unspecified atom stereocenters. The molecule has 3 aromatic heterocycles. The fraction of sp³-hybridized carbons (Fsp3) is 0.526. The quantitative estimate of drug-likeness (QED) is 0.707. The molecule has 1 fully saturated rings. The first-order valence-corrected chi connectivity index (χ1v) is 10.2. The van der Waals surface area contributed by atoms with E-state index in [0.717, 1.165) is 28.9 Å². The van der Waals surface area contributed by atoms with Gasteiger partial charge in [0.05, 0.1) is 10.2 Å². The van der Waals surface area contributed by atoms with Gasteiger partial charge in [0, 0.05) is 19.5 Å². The van der Waals surface area contributed by atoms with E-state index in [1.807, 2.05) is 40.8 Å². The van der Waals surface area contributed by atoms with Crippen LogP contribution in [0.4, 0.5) is 0 Å². The van der Waals surface area contributed by atoms with Gasteiger partial charge >= 0.3 is 0 Å². The third-order valence-electron chi connectivity index (χ3n) is 5.49. The maximum absolute atomic E-state index is 12.9. The molecule has 0 radical (unpaired) electrons. The van der Waals surface area contributed by atoms with Gasteiger partial charge in [0.1, 0.15) is 17.9 Å². The molecule has 7 heteroatoms. The van der Waals surface area contributed by atoms with E-state index < -0.39 is 0 Å². The van der Waals surface area contributed by atoms with Crippen LogP contribution in [0.15, 0.2) is 22.3 Å². The molecule has 138 valence electrons. The summed E-state index contributed by atoms with van der Waals surface area (Å²) in [6.45, 7) is 2.03. The van der Waals surface area contributed by atoms with E-state index >= 15 is 0 Å². The summed E-state index contributed by atoms with van der Waals surface area (Å²) < 4.78 is 4.35. The molecule has 0 saturated heterocycles. The van der Waals surface area contributed by atoms with Crippen molar-refractivity contribution in [3.63, 3.8) is 0 Å². The number of fused-ring (bicyclic) bond motifs is 3. The highest BCUT2D eigenvalue weighted by Crippen LogP contribution is 2.25. The summed E-state index contributed by atoms with van der Waals surface area (Å²) in [6.07, 6.45) is 6.41.